The molecule has 0 fully saturated rings. The maximum absolute atomic E-state index is 11.3. The summed E-state index contributed by atoms with van der Waals surface area (Å²) in [7, 11) is 1.91. The minimum atomic E-state index is -0.0572. The minimum absolute atomic E-state index is 0.0572. The summed E-state index contributed by atoms with van der Waals surface area (Å²) in [5, 5.41) is 4.23. The van der Waals surface area contributed by atoms with Crippen molar-refractivity contribution in [2.75, 3.05) is 7.05 Å². The Hall–Kier alpha value is -1.61. The van der Waals surface area contributed by atoms with Crippen LogP contribution in [0, 0.1) is 0 Å². The Morgan fingerprint density at radius 1 is 1.27 bits per heavy atom. The fraction of sp³-hybridized carbons (Fsp3) is 0.250. The molecule has 0 saturated carbocycles. The molecule has 2 rings (SSSR count). The standard InChI is InChI=1S/C12H14N2O/c1-8(13-2)10-5-3-4-9-6-7-11(15)14-12(9)10/h3-8,13H,1-2H3,(H,14,15). The molecule has 1 atom stereocenters. The number of pyridine rings is 1. The van der Waals surface area contributed by atoms with Crippen molar-refractivity contribution in [3.05, 3.63) is 46.2 Å². The van der Waals surface area contributed by atoms with Crippen LogP contribution >= 0.6 is 0 Å². The third kappa shape index (κ3) is 1.78. The van der Waals surface area contributed by atoms with Gasteiger partial charge in [-0.3, -0.25) is 4.79 Å². The molecule has 0 spiro atoms. The van der Waals surface area contributed by atoms with E-state index in [0.29, 0.717) is 0 Å². The Balaban J connectivity index is 2.73. The van der Waals surface area contributed by atoms with Crippen LogP contribution in [0.5, 0.6) is 0 Å². The molecule has 0 saturated heterocycles. The van der Waals surface area contributed by atoms with E-state index in [0.717, 1.165) is 16.5 Å². The van der Waals surface area contributed by atoms with Gasteiger partial charge in [-0.1, -0.05) is 18.2 Å². The number of rotatable bonds is 2. The molecule has 3 heteroatoms. The van der Waals surface area contributed by atoms with E-state index in [1.807, 2.05) is 31.3 Å². The number of nitrogens with one attached hydrogen (secondary N) is 2. The molecule has 0 aliphatic rings. The predicted molar refractivity (Wildman–Crippen MR) is 62.0 cm³/mol. The maximum Gasteiger partial charge on any atom is 0.248 e. The van der Waals surface area contributed by atoms with E-state index in [-0.39, 0.29) is 11.6 Å². The molecular weight excluding hydrogens is 188 g/mol. The SMILES string of the molecule is CNC(C)c1cccc2ccc(=O)[nH]c12. The van der Waals surface area contributed by atoms with E-state index in [4.69, 9.17) is 0 Å². The van der Waals surface area contributed by atoms with Crippen molar-refractivity contribution in [1.82, 2.24) is 10.3 Å². The lowest BCUT2D eigenvalue weighted by Crippen LogP contribution is -2.14. The van der Waals surface area contributed by atoms with Gasteiger partial charge in [-0.05, 0) is 31.0 Å². The van der Waals surface area contributed by atoms with Crippen molar-refractivity contribution in [3.63, 3.8) is 0 Å². The molecule has 1 aromatic carbocycles. The summed E-state index contributed by atoms with van der Waals surface area (Å²) in [6, 6.07) is 9.66. The second-order valence-electron chi connectivity index (χ2n) is 3.64. The first-order chi connectivity index (χ1) is 7.22. The average Bonchev–Trinajstić information content (AvgIpc) is 2.27. The van der Waals surface area contributed by atoms with Gasteiger partial charge in [0.25, 0.3) is 0 Å². The first kappa shape index (κ1) is 9.93. The molecule has 1 heterocycles. The second kappa shape index (κ2) is 3.87. The summed E-state index contributed by atoms with van der Waals surface area (Å²) in [4.78, 5) is 14.1. The van der Waals surface area contributed by atoms with Crippen molar-refractivity contribution in [2.24, 2.45) is 0 Å². The van der Waals surface area contributed by atoms with E-state index in [9.17, 15) is 4.79 Å². The Morgan fingerprint density at radius 2 is 2.07 bits per heavy atom. The van der Waals surface area contributed by atoms with Crippen molar-refractivity contribution in [2.45, 2.75) is 13.0 Å². The van der Waals surface area contributed by atoms with Crippen molar-refractivity contribution in [3.8, 4) is 0 Å². The zero-order chi connectivity index (χ0) is 10.8. The summed E-state index contributed by atoms with van der Waals surface area (Å²) in [6.07, 6.45) is 0. The lowest BCUT2D eigenvalue weighted by molar-refractivity contribution is 0.656. The second-order valence-corrected chi connectivity index (χ2v) is 3.64. The lowest BCUT2D eigenvalue weighted by atomic mass is 10.0. The van der Waals surface area contributed by atoms with Gasteiger partial charge >= 0.3 is 0 Å². The molecule has 1 unspecified atom stereocenters. The molecule has 0 aliphatic heterocycles. The molecule has 0 aliphatic carbocycles. The van der Waals surface area contributed by atoms with Crippen LogP contribution in [0.25, 0.3) is 10.9 Å². The molecule has 78 valence electrons. The van der Waals surface area contributed by atoms with Crippen LogP contribution in [-0.4, -0.2) is 12.0 Å². The van der Waals surface area contributed by atoms with Crippen LogP contribution < -0.4 is 10.9 Å². The normalized spacial score (nSPS) is 12.9. The number of benzene rings is 1. The Morgan fingerprint density at radius 3 is 2.80 bits per heavy atom. The molecule has 15 heavy (non-hydrogen) atoms. The molecule has 0 radical (unpaired) electrons. The van der Waals surface area contributed by atoms with Gasteiger partial charge < -0.3 is 10.3 Å². The van der Waals surface area contributed by atoms with Gasteiger partial charge in [0.2, 0.25) is 5.56 Å². The number of aromatic nitrogens is 1. The van der Waals surface area contributed by atoms with Crippen molar-refractivity contribution in [1.29, 1.82) is 0 Å². The monoisotopic (exact) mass is 202 g/mol. The Bertz CT molecular complexity index is 530. The van der Waals surface area contributed by atoms with Crippen molar-refractivity contribution < 1.29 is 0 Å². The lowest BCUT2D eigenvalue weighted by Gasteiger charge is -2.12. The molecule has 3 nitrogen and oxygen atoms in total. The van der Waals surface area contributed by atoms with Gasteiger partial charge in [0, 0.05) is 12.1 Å². The number of hydrogen-bond donors (Lipinski definition) is 2. The van der Waals surface area contributed by atoms with Crippen molar-refractivity contribution >= 4 is 10.9 Å². The Kier molecular flexibility index (Phi) is 2.56. The predicted octanol–water partition coefficient (Wildman–Crippen LogP) is 1.81. The third-order valence-corrected chi connectivity index (χ3v) is 2.69. The summed E-state index contributed by atoms with van der Waals surface area (Å²) >= 11 is 0. The summed E-state index contributed by atoms with van der Waals surface area (Å²) in [5.74, 6) is 0. The van der Waals surface area contributed by atoms with Crippen LogP contribution in [0.15, 0.2) is 35.1 Å². The van der Waals surface area contributed by atoms with E-state index in [2.05, 4.69) is 17.2 Å². The van der Waals surface area contributed by atoms with Crippen LogP contribution in [0.4, 0.5) is 0 Å². The van der Waals surface area contributed by atoms with E-state index in [1.165, 1.54) is 0 Å². The number of fused-ring (bicyclic) bond motifs is 1. The van der Waals surface area contributed by atoms with Gasteiger partial charge in [0.15, 0.2) is 0 Å². The zero-order valence-corrected chi connectivity index (χ0v) is 8.87. The van der Waals surface area contributed by atoms with Crippen LogP contribution in [0.1, 0.15) is 18.5 Å². The van der Waals surface area contributed by atoms with E-state index >= 15 is 0 Å². The van der Waals surface area contributed by atoms with Crippen LogP contribution in [-0.2, 0) is 0 Å². The van der Waals surface area contributed by atoms with E-state index < -0.39 is 0 Å². The third-order valence-electron chi connectivity index (χ3n) is 2.69. The van der Waals surface area contributed by atoms with Gasteiger partial charge in [0.1, 0.15) is 0 Å². The molecule has 2 N–H and O–H groups in total. The van der Waals surface area contributed by atoms with E-state index in [1.54, 1.807) is 6.07 Å². The average molecular weight is 202 g/mol. The number of H-pyrrole nitrogens is 1. The van der Waals surface area contributed by atoms with Gasteiger partial charge in [-0.2, -0.15) is 0 Å². The fourth-order valence-electron chi connectivity index (χ4n) is 1.72. The fourth-order valence-corrected chi connectivity index (χ4v) is 1.72. The topological polar surface area (TPSA) is 44.9 Å². The highest BCUT2D eigenvalue weighted by molar-refractivity contribution is 5.81. The molecule has 2 aromatic rings. The number of hydrogen-bond acceptors (Lipinski definition) is 2. The highest BCUT2D eigenvalue weighted by Gasteiger charge is 2.07. The first-order valence-corrected chi connectivity index (χ1v) is 5.01. The smallest absolute Gasteiger partial charge is 0.248 e. The van der Waals surface area contributed by atoms with Gasteiger partial charge in [-0.25, -0.2) is 0 Å². The van der Waals surface area contributed by atoms with Gasteiger partial charge in [-0.15, -0.1) is 0 Å². The molecule has 0 bridgehead atoms. The van der Waals surface area contributed by atoms with Crippen LogP contribution in [0.3, 0.4) is 0 Å². The highest BCUT2D eigenvalue weighted by atomic mass is 16.1. The molecule has 0 amide bonds. The van der Waals surface area contributed by atoms with Crippen LogP contribution in [0.2, 0.25) is 0 Å². The highest BCUT2D eigenvalue weighted by Crippen LogP contribution is 2.20. The number of aromatic amines is 1. The summed E-state index contributed by atoms with van der Waals surface area (Å²) in [5.41, 5.74) is 1.98. The first-order valence-electron chi connectivity index (χ1n) is 5.01. The minimum Gasteiger partial charge on any atom is -0.322 e. The summed E-state index contributed by atoms with van der Waals surface area (Å²) < 4.78 is 0. The number of para-hydroxylation sites is 1. The Labute approximate surface area is 88.1 Å². The molecular formula is C12H14N2O. The largest absolute Gasteiger partial charge is 0.322 e. The van der Waals surface area contributed by atoms with Gasteiger partial charge in [0.05, 0.1) is 5.52 Å². The molecule has 1 aromatic heterocycles. The summed E-state index contributed by atoms with van der Waals surface area (Å²) in [6.45, 7) is 2.07. The quantitative estimate of drug-likeness (QED) is 0.780. The maximum atomic E-state index is 11.3. The zero-order valence-electron chi connectivity index (χ0n) is 8.87.